The van der Waals surface area contributed by atoms with Crippen LogP contribution < -0.4 is 4.90 Å². The number of rotatable bonds is 2. The molecule has 1 aromatic heterocycles. The quantitative estimate of drug-likeness (QED) is 0.810. The zero-order valence-electron chi connectivity index (χ0n) is 8.96. The lowest BCUT2D eigenvalue weighted by Gasteiger charge is -2.12. The fourth-order valence-electron chi connectivity index (χ4n) is 1.56. The van der Waals surface area contributed by atoms with Crippen molar-refractivity contribution in [3.63, 3.8) is 0 Å². The molecular weight excluding hydrogens is 308 g/mol. The molecule has 0 aliphatic carbocycles. The van der Waals surface area contributed by atoms with E-state index in [9.17, 15) is 9.59 Å². The maximum Gasteiger partial charge on any atom is 0.252 e. The van der Waals surface area contributed by atoms with E-state index in [1.165, 1.54) is 29.8 Å². The molecule has 1 aliphatic rings. The van der Waals surface area contributed by atoms with Crippen LogP contribution in [0.15, 0.2) is 10.8 Å². The van der Waals surface area contributed by atoms with E-state index in [0.29, 0.717) is 17.6 Å². The second-order valence-corrected chi connectivity index (χ2v) is 5.81. The van der Waals surface area contributed by atoms with E-state index >= 15 is 0 Å². The predicted octanol–water partition coefficient (Wildman–Crippen LogP) is 1.02. The normalized spacial score (nSPS) is 19.8. The number of hydrogen-bond donors (Lipinski definition) is 0. The van der Waals surface area contributed by atoms with Crippen molar-refractivity contribution in [2.75, 3.05) is 11.4 Å². The van der Waals surface area contributed by atoms with Crippen LogP contribution in [0, 0.1) is 0 Å². The van der Waals surface area contributed by atoms with Crippen LogP contribution in [-0.4, -0.2) is 38.0 Å². The number of nitrogens with zero attached hydrogens (tertiary/aromatic N) is 4. The fraction of sp³-hybridized carbons (Fsp3) is 0.444. The topological polar surface area (TPSA) is 76.1 Å². The van der Waals surface area contributed by atoms with Gasteiger partial charge < -0.3 is 0 Å². The Hall–Kier alpha value is -1.02. The van der Waals surface area contributed by atoms with Gasteiger partial charge >= 0.3 is 0 Å². The number of carbonyl (C=O) groups is 2. The van der Waals surface area contributed by atoms with Gasteiger partial charge in [0.15, 0.2) is 5.12 Å². The lowest BCUT2D eigenvalue weighted by atomic mass is 10.4. The third-order valence-corrected chi connectivity index (χ3v) is 3.53. The van der Waals surface area contributed by atoms with Gasteiger partial charge in [-0.2, -0.15) is 0 Å². The summed E-state index contributed by atoms with van der Waals surface area (Å²) in [5.74, 6) is 0.206. The van der Waals surface area contributed by atoms with E-state index in [1.54, 1.807) is 0 Å². The Morgan fingerprint density at radius 1 is 1.59 bits per heavy atom. The Labute approximate surface area is 110 Å². The highest BCUT2D eigenvalue weighted by atomic mass is 79.9. The highest BCUT2D eigenvalue weighted by molar-refractivity contribution is 9.10. The molecule has 6 nitrogen and oxygen atoms in total. The van der Waals surface area contributed by atoms with Gasteiger partial charge in [-0.25, -0.2) is 4.98 Å². The molecular formula is C9H9BrN4O2S. The molecule has 1 atom stereocenters. The number of thioether (sulfide) groups is 1. The Balaban J connectivity index is 2.10. The minimum atomic E-state index is -0.0760. The molecule has 0 spiro atoms. The zero-order valence-corrected chi connectivity index (χ0v) is 11.4. The van der Waals surface area contributed by atoms with E-state index in [2.05, 4.69) is 31.1 Å². The molecule has 1 saturated heterocycles. The van der Waals surface area contributed by atoms with Crippen molar-refractivity contribution in [1.82, 2.24) is 15.2 Å². The van der Waals surface area contributed by atoms with Crippen molar-refractivity contribution in [2.24, 2.45) is 0 Å². The van der Waals surface area contributed by atoms with Crippen molar-refractivity contribution in [2.45, 2.75) is 18.6 Å². The van der Waals surface area contributed by atoms with Gasteiger partial charge in [0.05, 0.1) is 6.20 Å². The summed E-state index contributed by atoms with van der Waals surface area (Å²) < 4.78 is 0.516. The van der Waals surface area contributed by atoms with Crippen molar-refractivity contribution < 1.29 is 9.59 Å². The van der Waals surface area contributed by atoms with Gasteiger partial charge in [0.2, 0.25) is 5.91 Å². The minimum absolute atomic E-state index is 0.0134. The van der Waals surface area contributed by atoms with E-state index in [-0.39, 0.29) is 22.2 Å². The molecule has 0 aromatic carbocycles. The highest BCUT2D eigenvalue weighted by Crippen LogP contribution is 2.26. The molecule has 1 aliphatic heterocycles. The molecule has 1 amide bonds. The Bertz CT molecular complexity index is 453. The third kappa shape index (κ3) is 3.01. The lowest BCUT2D eigenvalue weighted by Crippen LogP contribution is -2.27. The molecule has 0 radical (unpaired) electrons. The van der Waals surface area contributed by atoms with Crippen LogP contribution in [0.4, 0.5) is 5.95 Å². The summed E-state index contributed by atoms with van der Waals surface area (Å²) in [6.45, 7) is 1.95. The first kappa shape index (κ1) is 12.4. The molecule has 2 heterocycles. The molecule has 17 heavy (non-hydrogen) atoms. The summed E-state index contributed by atoms with van der Waals surface area (Å²) in [6.07, 6.45) is 1.82. The van der Waals surface area contributed by atoms with Gasteiger partial charge in [0.25, 0.3) is 5.95 Å². The lowest BCUT2D eigenvalue weighted by molar-refractivity contribution is -0.117. The Morgan fingerprint density at radius 2 is 2.35 bits per heavy atom. The zero-order chi connectivity index (χ0) is 12.4. The maximum atomic E-state index is 11.7. The Kier molecular flexibility index (Phi) is 3.72. The maximum absolute atomic E-state index is 11.7. The van der Waals surface area contributed by atoms with Crippen molar-refractivity contribution >= 4 is 44.7 Å². The molecule has 1 unspecified atom stereocenters. The molecule has 1 aromatic rings. The summed E-state index contributed by atoms with van der Waals surface area (Å²) >= 11 is 4.31. The minimum Gasteiger partial charge on any atom is -0.288 e. The number of amides is 1. The van der Waals surface area contributed by atoms with Crippen LogP contribution in [0.25, 0.3) is 0 Å². The standard InChI is InChI=1S/C9H9BrN4O2S/c1-5(15)17-6-2-8(16)14(4-6)9-11-3-7(10)12-13-9/h3,6H,2,4H2,1H3. The van der Waals surface area contributed by atoms with Crippen molar-refractivity contribution in [3.8, 4) is 0 Å². The summed E-state index contributed by atoms with van der Waals surface area (Å²) in [7, 11) is 0. The van der Waals surface area contributed by atoms with Gasteiger partial charge in [0, 0.05) is 25.1 Å². The summed E-state index contributed by atoms with van der Waals surface area (Å²) in [5, 5.41) is 7.60. The number of anilines is 1. The molecule has 90 valence electrons. The van der Waals surface area contributed by atoms with Crippen LogP contribution in [-0.2, 0) is 9.59 Å². The molecule has 0 saturated carbocycles. The van der Waals surface area contributed by atoms with Gasteiger partial charge in [-0.15, -0.1) is 10.2 Å². The fourth-order valence-corrected chi connectivity index (χ4v) is 2.66. The van der Waals surface area contributed by atoms with Crippen molar-refractivity contribution in [1.29, 1.82) is 0 Å². The highest BCUT2D eigenvalue weighted by Gasteiger charge is 2.33. The molecule has 8 heteroatoms. The van der Waals surface area contributed by atoms with Crippen LogP contribution in [0.1, 0.15) is 13.3 Å². The van der Waals surface area contributed by atoms with Crippen LogP contribution >= 0.6 is 27.7 Å². The van der Waals surface area contributed by atoms with Crippen LogP contribution in [0.3, 0.4) is 0 Å². The van der Waals surface area contributed by atoms with Crippen LogP contribution in [0.2, 0.25) is 0 Å². The molecule has 0 bridgehead atoms. The third-order valence-electron chi connectivity index (χ3n) is 2.19. The summed E-state index contributed by atoms with van der Waals surface area (Å²) in [5.41, 5.74) is 0. The largest absolute Gasteiger partial charge is 0.288 e. The van der Waals surface area contributed by atoms with Crippen LogP contribution in [0.5, 0.6) is 0 Å². The number of aromatic nitrogens is 3. The first-order chi connectivity index (χ1) is 8.06. The van der Waals surface area contributed by atoms with E-state index < -0.39 is 0 Å². The predicted molar refractivity (Wildman–Crippen MR) is 66.6 cm³/mol. The van der Waals surface area contributed by atoms with Gasteiger partial charge in [-0.1, -0.05) is 11.8 Å². The van der Waals surface area contributed by atoms with E-state index in [4.69, 9.17) is 0 Å². The average Bonchev–Trinajstić information content (AvgIpc) is 2.59. The van der Waals surface area contributed by atoms with E-state index in [1.807, 2.05) is 0 Å². The molecule has 2 rings (SSSR count). The Morgan fingerprint density at radius 3 is 2.94 bits per heavy atom. The second-order valence-electron chi connectivity index (χ2n) is 3.52. The molecule has 0 N–H and O–H groups in total. The first-order valence-electron chi connectivity index (χ1n) is 4.89. The van der Waals surface area contributed by atoms with Gasteiger partial charge in [0.1, 0.15) is 4.60 Å². The number of halogens is 1. The number of carbonyl (C=O) groups excluding carboxylic acids is 2. The van der Waals surface area contributed by atoms with Gasteiger partial charge in [-0.05, 0) is 15.9 Å². The first-order valence-corrected chi connectivity index (χ1v) is 6.56. The van der Waals surface area contributed by atoms with E-state index in [0.717, 1.165) is 0 Å². The van der Waals surface area contributed by atoms with Crippen molar-refractivity contribution in [3.05, 3.63) is 10.8 Å². The smallest absolute Gasteiger partial charge is 0.252 e. The number of hydrogen-bond acceptors (Lipinski definition) is 6. The monoisotopic (exact) mass is 316 g/mol. The average molecular weight is 317 g/mol. The summed E-state index contributed by atoms with van der Waals surface area (Å²) in [6, 6.07) is 0. The second kappa shape index (κ2) is 5.09. The van der Waals surface area contributed by atoms with Gasteiger partial charge in [-0.3, -0.25) is 14.5 Å². The SMILES string of the molecule is CC(=O)SC1CC(=O)N(c2ncc(Br)nn2)C1. The summed E-state index contributed by atoms with van der Waals surface area (Å²) in [4.78, 5) is 28.2. The molecule has 1 fully saturated rings.